The van der Waals surface area contributed by atoms with Crippen LogP contribution >= 0.6 is 28.3 Å². The van der Waals surface area contributed by atoms with Gasteiger partial charge in [-0.2, -0.15) is 13.2 Å². The number of phenols is 1. The lowest BCUT2D eigenvalue weighted by Gasteiger charge is -2.15. The van der Waals surface area contributed by atoms with E-state index in [2.05, 4.69) is 15.9 Å². The molecule has 1 atom stereocenters. The Bertz CT molecular complexity index is 382. The fraction of sp³-hybridized carbons (Fsp3) is 0.333. The molecule has 1 aromatic rings. The Balaban J connectivity index is 0.00000225. The zero-order valence-electron chi connectivity index (χ0n) is 8.18. The fourth-order valence-electron chi connectivity index (χ4n) is 1.18. The van der Waals surface area contributed by atoms with E-state index < -0.39 is 23.5 Å². The van der Waals surface area contributed by atoms with Crippen molar-refractivity contribution in [1.82, 2.24) is 0 Å². The second-order valence-corrected chi connectivity index (χ2v) is 4.09. The second kappa shape index (κ2) is 5.25. The largest absolute Gasteiger partial charge is 0.507 e. The molecule has 0 heterocycles. The first-order chi connectivity index (χ1) is 6.73. The van der Waals surface area contributed by atoms with Crippen molar-refractivity contribution < 1.29 is 18.3 Å². The van der Waals surface area contributed by atoms with Gasteiger partial charge in [0.1, 0.15) is 5.75 Å². The van der Waals surface area contributed by atoms with Crippen LogP contribution in [0.1, 0.15) is 24.1 Å². The van der Waals surface area contributed by atoms with Crippen LogP contribution in [0.4, 0.5) is 13.2 Å². The summed E-state index contributed by atoms with van der Waals surface area (Å²) in [4.78, 5) is 0. The van der Waals surface area contributed by atoms with Crippen molar-refractivity contribution in [2.45, 2.75) is 19.1 Å². The Hall–Kier alpha value is -0.460. The Morgan fingerprint density at radius 2 is 1.88 bits per heavy atom. The van der Waals surface area contributed by atoms with Gasteiger partial charge in [0.15, 0.2) is 0 Å². The predicted octanol–water partition coefficient (Wildman–Crippen LogP) is 3.62. The van der Waals surface area contributed by atoms with Crippen LogP contribution in [0.2, 0.25) is 0 Å². The van der Waals surface area contributed by atoms with Gasteiger partial charge in [0, 0.05) is 16.1 Å². The van der Waals surface area contributed by atoms with E-state index in [1.54, 1.807) is 0 Å². The van der Waals surface area contributed by atoms with Gasteiger partial charge in [-0.05, 0) is 19.1 Å². The lowest BCUT2D eigenvalue weighted by Crippen LogP contribution is -2.11. The van der Waals surface area contributed by atoms with Crippen LogP contribution in [0.15, 0.2) is 16.6 Å². The molecule has 0 spiro atoms. The van der Waals surface area contributed by atoms with Crippen molar-refractivity contribution in [2.24, 2.45) is 5.73 Å². The van der Waals surface area contributed by atoms with Gasteiger partial charge in [-0.15, -0.1) is 12.4 Å². The average molecular weight is 321 g/mol. The zero-order valence-corrected chi connectivity index (χ0v) is 10.6. The molecule has 0 saturated carbocycles. The maximum absolute atomic E-state index is 12.5. The van der Waals surface area contributed by atoms with E-state index in [1.807, 2.05) is 0 Å². The molecule has 1 aromatic carbocycles. The number of phenolic OH excluding ortho intramolecular Hbond substituents is 1. The molecule has 3 N–H and O–H groups in total. The van der Waals surface area contributed by atoms with Crippen molar-refractivity contribution in [3.05, 3.63) is 27.7 Å². The lowest BCUT2D eigenvalue weighted by molar-refractivity contribution is -0.138. The van der Waals surface area contributed by atoms with E-state index in [0.717, 1.165) is 6.07 Å². The smallest absolute Gasteiger partial charge is 0.420 e. The van der Waals surface area contributed by atoms with Crippen LogP contribution in [0.5, 0.6) is 5.75 Å². The van der Waals surface area contributed by atoms with Crippen molar-refractivity contribution in [1.29, 1.82) is 0 Å². The molecule has 0 aliphatic heterocycles. The molecule has 0 bridgehead atoms. The third kappa shape index (κ3) is 3.26. The molecule has 16 heavy (non-hydrogen) atoms. The highest BCUT2D eigenvalue weighted by Gasteiger charge is 2.35. The maximum atomic E-state index is 12.5. The average Bonchev–Trinajstić information content (AvgIpc) is 2.06. The molecular formula is C9H10BrClF3NO. The Kier molecular flexibility index (Phi) is 5.10. The third-order valence-corrected chi connectivity index (χ3v) is 2.36. The molecule has 0 saturated heterocycles. The number of hydrogen-bond donors (Lipinski definition) is 2. The van der Waals surface area contributed by atoms with E-state index in [1.165, 1.54) is 13.0 Å². The van der Waals surface area contributed by atoms with Gasteiger partial charge in [0.05, 0.1) is 5.56 Å². The number of alkyl halides is 3. The molecular weight excluding hydrogens is 310 g/mol. The minimum Gasteiger partial charge on any atom is -0.507 e. The topological polar surface area (TPSA) is 46.2 Å². The quantitative estimate of drug-likeness (QED) is 0.830. The van der Waals surface area contributed by atoms with E-state index in [4.69, 9.17) is 5.73 Å². The number of aromatic hydroxyl groups is 1. The minimum absolute atomic E-state index is 0. The first kappa shape index (κ1) is 15.5. The molecule has 0 unspecified atom stereocenters. The summed E-state index contributed by atoms with van der Waals surface area (Å²) in [5, 5.41) is 9.40. The summed E-state index contributed by atoms with van der Waals surface area (Å²) in [6, 6.07) is 1.53. The maximum Gasteiger partial charge on any atom is 0.420 e. The van der Waals surface area contributed by atoms with E-state index in [9.17, 15) is 18.3 Å². The van der Waals surface area contributed by atoms with Crippen molar-refractivity contribution in [2.75, 3.05) is 0 Å². The van der Waals surface area contributed by atoms with Crippen molar-refractivity contribution in [3.8, 4) is 5.75 Å². The van der Waals surface area contributed by atoms with Gasteiger partial charge in [-0.1, -0.05) is 15.9 Å². The van der Waals surface area contributed by atoms with Gasteiger partial charge in [-0.3, -0.25) is 0 Å². The Morgan fingerprint density at radius 3 is 2.25 bits per heavy atom. The van der Waals surface area contributed by atoms with Crippen LogP contribution in [-0.2, 0) is 6.18 Å². The van der Waals surface area contributed by atoms with Gasteiger partial charge >= 0.3 is 6.18 Å². The second-order valence-electron chi connectivity index (χ2n) is 3.18. The number of halogens is 5. The summed E-state index contributed by atoms with van der Waals surface area (Å²) in [6.45, 7) is 1.50. The van der Waals surface area contributed by atoms with Gasteiger partial charge in [0.25, 0.3) is 0 Å². The summed E-state index contributed by atoms with van der Waals surface area (Å²) in [6.07, 6.45) is -4.59. The Labute approximate surface area is 105 Å². The molecule has 2 nitrogen and oxygen atoms in total. The molecule has 92 valence electrons. The highest BCUT2D eigenvalue weighted by Crippen LogP contribution is 2.40. The lowest BCUT2D eigenvalue weighted by atomic mass is 10.0. The summed E-state index contributed by atoms with van der Waals surface area (Å²) in [5.41, 5.74) is 4.43. The fourth-order valence-corrected chi connectivity index (χ4v) is 1.66. The number of benzene rings is 1. The van der Waals surface area contributed by atoms with Crippen molar-refractivity contribution >= 4 is 28.3 Å². The highest BCUT2D eigenvalue weighted by molar-refractivity contribution is 9.10. The molecule has 0 amide bonds. The molecule has 7 heteroatoms. The first-order valence-corrected chi connectivity index (χ1v) is 4.88. The standard InChI is InChI=1S/C9H9BrF3NO.ClH/c1-4(14)6-2-5(10)3-7(8(6)15)9(11,12)13;/h2-4,15H,14H2,1H3;1H/t4-;/m1./s1. The van der Waals surface area contributed by atoms with Crippen LogP contribution in [0.25, 0.3) is 0 Å². The van der Waals surface area contributed by atoms with Crippen LogP contribution in [-0.4, -0.2) is 5.11 Å². The van der Waals surface area contributed by atoms with E-state index in [0.29, 0.717) is 0 Å². The molecule has 0 fully saturated rings. The van der Waals surface area contributed by atoms with Crippen LogP contribution in [0, 0.1) is 0 Å². The monoisotopic (exact) mass is 319 g/mol. The third-order valence-electron chi connectivity index (χ3n) is 1.90. The number of hydrogen-bond acceptors (Lipinski definition) is 2. The normalized spacial score (nSPS) is 13.1. The zero-order chi connectivity index (χ0) is 11.8. The first-order valence-electron chi connectivity index (χ1n) is 4.08. The van der Waals surface area contributed by atoms with Crippen molar-refractivity contribution in [3.63, 3.8) is 0 Å². The highest BCUT2D eigenvalue weighted by atomic mass is 79.9. The summed E-state index contributed by atoms with van der Waals surface area (Å²) in [5.74, 6) is -0.805. The number of rotatable bonds is 1. The van der Waals surface area contributed by atoms with Gasteiger partial charge in [-0.25, -0.2) is 0 Å². The molecule has 0 aromatic heterocycles. The van der Waals surface area contributed by atoms with Crippen LogP contribution in [0.3, 0.4) is 0 Å². The minimum atomic E-state index is -4.59. The molecule has 0 radical (unpaired) electrons. The number of nitrogens with two attached hydrogens (primary N) is 1. The summed E-state index contributed by atoms with van der Waals surface area (Å²) < 4.78 is 37.6. The molecule has 1 rings (SSSR count). The molecule has 0 aliphatic carbocycles. The molecule has 0 aliphatic rings. The summed E-state index contributed by atoms with van der Waals surface area (Å²) >= 11 is 2.94. The van der Waals surface area contributed by atoms with Gasteiger partial charge in [0.2, 0.25) is 0 Å². The SMILES string of the molecule is C[C@@H](N)c1cc(Br)cc(C(F)(F)F)c1O.Cl. The summed E-state index contributed by atoms with van der Waals surface area (Å²) in [7, 11) is 0. The van der Waals surface area contributed by atoms with E-state index in [-0.39, 0.29) is 22.4 Å². The predicted molar refractivity (Wildman–Crippen MR) is 60.7 cm³/mol. The van der Waals surface area contributed by atoms with E-state index >= 15 is 0 Å². The van der Waals surface area contributed by atoms with Crippen LogP contribution < -0.4 is 5.73 Å². The van der Waals surface area contributed by atoms with Gasteiger partial charge < -0.3 is 10.8 Å². The Morgan fingerprint density at radius 1 is 1.38 bits per heavy atom.